The number of nitrogens with one attached hydrogen (secondary N) is 1. The standard InChI is InChI=1S/C22H26N4O2/c1-14-8-15(2)21-18(9-14)19(10-20(25-21)16-11-23-24-12-16)22(27)26(3)13-17-6-4-5-7-28-17/h8-12,17H,4-7,13H2,1-3H3,(H,23,24)/t17-/m1/s1. The maximum atomic E-state index is 13.4. The average Bonchev–Trinajstić information content (AvgIpc) is 3.22. The molecule has 0 radical (unpaired) electrons. The second-order valence-electron chi connectivity index (χ2n) is 7.69. The van der Waals surface area contributed by atoms with Gasteiger partial charge in [-0.15, -0.1) is 0 Å². The zero-order chi connectivity index (χ0) is 19.7. The van der Waals surface area contributed by atoms with Crippen molar-refractivity contribution in [3.8, 4) is 11.3 Å². The number of likely N-dealkylation sites (N-methyl/N-ethyl adjacent to an activating group) is 1. The van der Waals surface area contributed by atoms with Gasteiger partial charge >= 0.3 is 0 Å². The Bertz CT molecular complexity index is 991. The summed E-state index contributed by atoms with van der Waals surface area (Å²) in [6.45, 7) is 5.47. The van der Waals surface area contributed by atoms with E-state index in [9.17, 15) is 4.79 Å². The monoisotopic (exact) mass is 378 g/mol. The van der Waals surface area contributed by atoms with Gasteiger partial charge < -0.3 is 9.64 Å². The molecule has 1 N–H and O–H groups in total. The zero-order valence-electron chi connectivity index (χ0n) is 16.7. The van der Waals surface area contributed by atoms with Crippen LogP contribution in [0, 0.1) is 13.8 Å². The van der Waals surface area contributed by atoms with E-state index in [0.717, 1.165) is 59.2 Å². The summed E-state index contributed by atoms with van der Waals surface area (Å²) in [7, 11) is 1.85. The largest absolute Gasteiger partial charge is 0.376 e. The van der Waals surface area contributed by atoms with Crippen LogP contribution in [-0.4, -0.2) is 52.3 Å². The van der Waals surface area contributed by atoms with Gasteiger partial charge in [0.15, 0.2) is 0 Å². The normalized spacial score (nSPS) is 17.0. The molecule has 1 aliphatic heterocycles. The summed E-state index contributed by atoms with van der Waals surface area (Å²) in [4.78, 5) is 20.0. The molecule has 0 bridgehead atoms. The highest BCUT2D eigenvalue weighted by Gasteiger charge is 2.22. The van der Waals surface area contributed by atoms with E-state index < -0.39 is 0 Å². The molecule has 1 aromatic carbocycles. The van der Waals surface area contributed by atoms with Crippen LogP contribution in [0.5, 0.6) is 0 Å². The lowest BCUT2D eigenvalue weighted by Gasteiger charge is -2.28. The molecule has 4 rings (SSSR count). The zero-order valence-corrected chi connectivity index (χ0v) is 16.7. The summed E-state index contributed by atoms with van der Waals surface area (Å²) in [5.41, 5.74) is 5.33. The predicted octanol–water partition coefficient (Wildman–Crippen LogP) is 3.88. The van der Waals surface area contributed by atoms with Crippen molar-refractivity contribution in [1.82, 2.24) is 20.1 Å². The number of rotatable bonds is 4. The van der Waals surface area contributed by atoms with Crippen molar-refractivity contribution in [2.45, 2.75) is 39.2 Å². The van der Waals surface area contributed by atoms with E-state index in [1.165, 1.54) is 0 Å². The molecule has 3 aromatic rings. The van der Waals surface area contributed by atoms with E-state index in [0.29, 0.717) is 12.1 Å². The van der Waals surface area contributed by atoms with E-state index in [1.807, 2.05) is 33.0 Å². The fourth-order valence-corrected chi connectivity index (χ4v) is 3.94. The minimum Gasteiger partial charge on any atom is -0.376 e. The molecular formula is C22H26N4O2. The maximum Gasteiger partial charge on any atom is 0.254 e. The van der Waals surface area contributed by atoms with Gasteiger partial charge in [-0.1, -0.05) is 11.6 Å². The molecule has 1 fully saturated rings. The molecule has 0 unspecified atom stereocenters. The first-order valence-corrected chi connectivity index (χ1v) is 9.81. The molecule has 3 heterocycles. The number of amides is 1. The fraction of sp³-hybridized carbons (Fsp3) is 0.409. The van der Waals surface area contributed by atoms with Gasteiger partial charge in [-0.25, -0.2) is 4.98 Å². The average molecular weight is 378 g/mol. The number of hydrogen-bond acceptors (Lipinski definition) is 4. The van der Waals surface area contributed by atoms with Crippen molar-refractivity contribution in [3.05, 3.63) is 47.3 Å². The Morgan fingerprint density at radius 2 is 2.14 bits per heavy atom. The summed E-state index contributed by atoms with van der Waals surface area (Å²) >= 11 is 0. The number of fused-ring (bicyclic) bond motifs is 1. The molecule has 1 aliphatic rings. The molecule has 6 nitrogen and oxygen atoms in total. The first-order valence-electron chi connectivity index (χ1n) is 9.81. The van der Waals surface area contributed by atoms with E-state index >= 15 is 0 Å². The number of benzene rings is 1. The topological polar surface area (TPSA) is 71.1 Å². The van der Waals surface area contributed by atoms with E-state index in [-0.39, 0.29) is 12.0 Å². The molecule has 28 heavy (non-hydrogen) atoms. The third-order valence-corrected chi connectivity index (χ3v) is 5.37. The number of H-pyrrole nitrogens is 1. The van der Waals surface area contributed by atoms with Gasteiger partial charge in [0.25, 0.3) is 5.91 Å². The van der Waals surface area contributed by atoms with Crippen LogP contribution < -0.4 is 0 Å². The van der Waals surface area contributed by atoms with Crippen LogP contribution in [0.4, 0.5) is 0 Å². The molecule has 6 heteroatoms. The third kappa shape index (κ3) is 3.64. The van der Waals surface area contributed by atoms with E-state index in [1.54, 1.807) is 17.3 Å². The Hall–Kier alpha value is -2.73. The van der Waals surface area contributed by atoms with Gasteiger partial charge in [-0.05, 0) is 50.8 Å². The summed E-state index contributed by atoms with van der Waals surface area (Å²) in [6.07, 6.45) is 6.92. The van der Waals surface area contributed by atoms with Crippen molar-refractivity contribution in [1.29, 1.82) is 0 Å². The Kier molecular flexibility index (Phi) is 5.13. The van der Waals surface area contributed by atoms with Crippen LogP contribution in [-0.2, 0) is 4.74 Å². The number of carbonyl (C=O) groups excluding carboxylic acids is 1. The Balaban J connectivity index is 1.76. The highest BCUT2D eigenvalue weighted by atomic mass is 16.5. The quantitative estimate of drug-likeness (QED) is 0.748. The number of pyridine rings is 1. The van der Waals surface area contributed by atoms with Gasteiger partial charge in [0.1, 0.15) is 0 Å². The van der Waals surface area contributed by atoms with Gasteiger partial charge in [-0.3, -0.25) is 9.89 Å². The third-order valence-electron chi connectivity index (χ3n) is 5.37. The number of hydrogen-bond donors (Lipinski definition) is 1. The van der Waals surface area contributed by atoms with Crippen LogP contribution in [0.1, 0.15) is 40.7 Å². The van der Waals surface area contributed by atoms with Crippen LogP contribution >= 0.6 is 0 Å². The number of aromatic nitrogens is 3. The summed E-state index contributed by atoms with van der Waals surface area (Å²) < 4.78 is 5.82. The predicted molar refractivity (Wildman–Crippen MR) is 109 cm³/mol. The molecule has 1 atom stereocenters. The molecule has 146 valence electrons. The lowest BCUT2D eigenvalue weighted by atomic mass is 9.99. The van der Waals surface area contributed by atoms with Gasteiger partial charge in [0, 0.05) is 37.3 Å². The van der Waals surface area contributed by atoms with Crippen LogP contribution in [0.15, 0.2) is 30.6 Å². The summed E-state index contributed by atoms with van der Waals surface area (Å²) in [6, 6.07) is 6.03. The number of carbonyl (C=O) groups is 1. The van der Waals surface area contributed by atoms with Gasteiger partial charge in [0.2, 0.25) is 0 Å². The van der Waals surface area contributed by atoms with Crippen molar-refractivity contribution >= 4 is 16.8 Å². The first-order chi connectivity index (χ1) is 13.5. The Morgan fingerprint density at radius 3 is 2.86 bits per heavy atom. The first kappa shape index (κ1) is 18.6. The number of aryl methyl sites for hydroxylation is 2. The van der Waals surface area contributed by atoms with Crippen molar-refractivity contribution in [3.63, 3.8) is 0 Å². The number of aromatic amines is 1. The number of nitrogens with zero attached hydrogens (tertiary/aromatic N) is 3. The van der Waals surface area contributed by atoms with Crippen LogP contribution in [0.2, 0.25) is 0 Å². The van der Waals surface area contributed by atoms with Gasteiger partial charge in [0.05, 0.1) is 29.1 Å². The van der Waals surface area contributed by atoms with E-state index in [2.05, 4.69) is 16.3 Å². The SMILES string of the molecule is Cc1cc(C)c2nc(-c3cn[nH]c3)cc(C(=O)N(C)C[C@H]3CCCCO3)c2c1. The highest BCUT2D eigenvalue weighted by Crippen LogP contribution is 2.28. The second-order valence-corrected chi connectivity index (χ2v) is 7.69. The lowest BCUT2D eigenvalue weighted by molar-refractivity contribution is -0.000152. The maximum absolute atomic E-state index is 13.4. The molecular weight excluding hydrogens is 352 g/mol. The molecule has 1 saturated heterocycles. The summed E-state index contributed by atoms with van der Waals surface area (Å²) in [5, 5.41) is 7.74. The van der Waals surface area contributed by atoms with Crippen molar-refractivity contribution in [2.75, 3.05) is 20.2 Å². The number of ether oxygens (including phenoxy) is 1. The van der Waals surface area contributed by atoms with Gasteiger partial charge in [-0.2, -0.15) is 5.10 Å². The molecule has 0 saturated carbocycles. The molecule has 1 amide bonds. The minimum atomic E-state index is -0.00341. The highest BCUT2D eigenvalue weighted by molar-refractivity contribution is 6.07. The van der Waals surface area contributed by atoms with Crippen molar-refractivity contribution < 1.29 is 9.53 Å². The summed E-state index contributed by atoms with van der Waals surface area (Å²) in [5.74, 6) is -0.00341. The van der Waals surface area contributed by atoms with Crippen molar-refractivity contribution in [2.24, 2.45) is 0 Å². The molecule has 0 aliphatic carbocycles. The van der Waals surface area contributed by atoms with E-state index in [4.69, 9.17) is 9.72 Å². The molecule has 0 spiro atoms. The van der Waals surface area contributed by atoms with Crippen LogP contribution in [0.25, 0.3) is 22.2 Å². The smallest absolute Gasteiger partial charge is 0.254 e. The lowest BCUT2D eigenvalue weighted by Crippen LogP contribution is -2.37. The van der Waals surface area contributed by atoms with Crippen LogP contribution in [0.3, 0.4) is 0 Å². The molecule has 2 aromatic heterocycles. The minimum absolute atomic E-state index is 0.00341. The second kappa shape index (κ2) is 7.72. The Morgan fingerprint density at radius 1 is 1.29 bits per heavy atom. The Labute approximate surface area is 164 Å². The fourth-order valence-electron chi connectivity index (χ4n) is 3.94.